The van der Waals surface area contributed by atoms with Crippen LogP contribution < -0.4 is 14.9 Å². The molecule has 4 rings (SSSR count). The van der Waals surface area contributed by atoms with Gasteiger partial charge in [0.15, 0.2) is 4.80 Å². The summed E-state index contributed by atoms with van der Waals surface area (Å²) in [5.41, 5.74) is 3.46. The number of rotatable bonds is 7. The highest BCUT2D eigenvalue weighted by Crippen LogP contribution is 2.31. The number of esters is 2. The molecule has 0 aliphatic carbocycles. The van der Waals surface area contributed by atoms with E-state index >= 15 is 0 Å². The Morgan fingerprint density at radius 3 is 2.33 bits per heavy atom. The standard InChI is InChI=1S/C27H26N2O6S/c1-16-5-7-18(8-6-16)15-21-24(30)29-23(19-9-11-20(12-10-19)25(31)34-4)22(17(2)28-27(29)36-21)26(32)35-14-13-33-3/h5-12,15,23H,13-14H2,1-4H3. The fourth-order valence-corrected chi connectivity index (χ4v) is 4.97. The molecular formula is C27H26N2O6S. The number of aromatic nitrogens is 1. The monoisotopic (exact) mass is 506 g/mol. The zero-order chi connectivity index (χ0) is 25.8. The van der Waals surface area contributed by atoms with Crippen LogP contribution in [0, 0.1) is 6.92 Å². The lowest BCUT2D eigenvalue weighted by atomic mass is 9.95. The van der Waals surface area contributed by atoms with Crippen molar-refractivity contribution in [2.24, 2.45) is 4.99 Å². The molecule has 0 N–H and O–H groups in total. The van der Waals surface area contributed by atoms with Gasteiger partial charge in [-0.2, -0.15) is 0 Å². The number of carbonyl (C=O) groups excluding carboxylic acids is 2. The topological polar surface area (TPSA) is 96.2 Å². The molecule has 8 nitrogen and oxygen atoms in total. The smallest absolute Gasteiger partial charge is 0.338 e. The first kappa shape index (κ1) is 25.3. The Labute approximate surface area is 211 Å². The van der Waals surface area contributed by atoms with Gasteiger partial charge in [-0.25, -0.2) is 14.6 Å². The van der Waals surface area contributed by atoms with Gasteiger partial charge in [-0.1, -0.05) is 53.3 Å². The molecule has 0 amide bonds. The van der Waals surface area contributed by atoms with Crippen LogP contribution in [0.3, 0.4) is 0 Å². The first-order valence-corrected chi connectivity index (χ1v) is 12.1. The minimum absolute atomic E-state index is 0.0674. The van der Waals surface area contributed by atoms with E-state index in [0.29, 0.717) is 26.2 Å². The molecule has 1 aromatic heterocycles. The second kappa shape index (κ2) is 10.8. The maximum atomic E-state index is 13.6. The van der Waals surface area contributed by atoms with Gasteiger partial charge in [-0.3, -0.25) is 9.36 Å². The van der Waals surface area contributed by atoms with Gasteiger partial charge in [0.25, 0.3) is 5.56 Å². The van der Waals surface area contributed by atoms with Gasteiger partial charge < -0.3 is 14.2 Å². The number of fused-ring (bicyclic) bond motifs is 1. The predicted octanol–water partition coefficient (Wildman–Crippen LogP) is 2.52. The van der Waals surface area contributed by atoms with Gasteiger partial charge in [0, 0.05) is 7.11 Å². The summed E-state index contributed by atoms with van der Waals surface area (Å²) in [4.78, 5) is 43.8. The van der Waals surface area contributed by atoms with E-state index < -0.39 is 18.0 Å². The molecule has 2 aromatic carbocycles. The fourth-order valence-electron chi connectivity index (χ4n) is 3.93. The quantitative estimate of drug-likeness (QED) is 0.361. The molecule has 3 aromatic rings. The number of ether oxygens (including phenoxy) is 3. The second-order valence-electron chi connectivity index (χ2n) is 8.23. The number of thiazole rings is 1. The molecule has 1 aliphatic heterocycles. The highest BCUT2D eigenvalue weighted by Gasteiger charge is 2.33. The Kier molecular flexibility index (Phi) is 7.61. The number of hydrogen-bond donors (Lipinski definition) is 0. The summed E-state index contributed by atoms with van der Waals surface area (Å²) in [6.45, 7) is 4.03. The molecule has 0 radical (unpaired) electrons. The van der Waals surface area contributed by atoms with Crippen molar-refractivity contribution in [1.82, 2.24) is 4.57 Å². The largest absolute Gasteiger partial charge is 0.465 e. The molecule has 2 heterocycles. The third kappa shape index (κ3) is 5.07. The molecular weight excluding hydrogens is 480 g/mol. The molecule has 1 unspecified atom stereocenters. The summed E-state index contributed by atoms with van der Waals surface area (Å²) < 4.78 is 17.2. The summed E-state index contributed by atoms with van der Waals surface area (Å²) >= 11 is 1.26. The normalized spacial score (nSPS) is 15.3. The average molecular weight is 507 g/mol. The summed E-state index contributed by atoms with van der Waals surface area (Å²) in [5.74, 6) is -1.06. The lowest BCUT2D eigenvalue weighted by molar-refractivity contribution is -0.140. The molecule has 0 spiro atoms. The Morgan fingerprint density at radius 1 is 1.00 bits per heavy atom. The van der Waals surface area contributed by atoms with Gasteiger partial charge in [-0.15, -0.1) is 0 Å². The zero-order valence-electron chi connectivity index (χ0n) is 20.4. The first-order valence-electron chi connectivity index (χ1n) is 11.3. The van der Waals surface area contributed by atoms with E-state index in [1.807, 2.05) is 37.3 Å². The Hall–Kier alpha value is -3.82. The van der Waals surface area contributed by atoms with Crippen molar-refractivity contribution in [3.63, 3.8) is 0 Å². The van der Waals surface area contributed by atoms with Crippen LogP contribution in [0.1, 0.15) is 40.0 Å². The maximum absolute atomic E-state index is 13.6. The van der Waals surface area contributed by atoms with Crippen LogP contribution >= 0.6 is 11.3 Å². The van der Waals surface area contributed by atoms with E-state index in [1.165, 1.54) is 30.1 Å². The van der Waals surface area contributed by atoms with E-state index in [2.05, 4.69) is 4.99 Å². The molecule has 9 heteroatoms. The van der Waals surface area contributed by atoms with Crippen LogP contribution in [0.5, 0.6) is 0 Å². The minimum Gasteiger partial charge on any atom is -0.465 e. The summed E-state index contributed by atoms with van der Waals surface area (Å²) in [5, 5.41) is 0. The van der Waals surface area contributed by atoms with Gasteiger partial charge in [0.05, 0.1) is 41.1 Å². The molecule has 1 atom stereocenters. The second-order valence-corrected chi connectivity index (χ2v) is 9.24. The molecule has 0 fully saturated rings. The van der Waals surface area contributed by atoms with Crippen LogP contribution in [-0.4, -0.2) is 43.9 Å². The van der Waals surface area contributed by atoms with E-state index in [0.717, 1.165) is 11.1 Å². The Morgan fingerprint density at radius 2 is 1.69 bits per heavy atom. The number of carbonyl (C=O) groups is 2. The van der Waals surface area contributed by atoms with Gasteiger partial charge in [0.1, 0.15) is 6.61 Å². The first-order chi connectivity index (χ1) is 17.3. The molecule has 1 aliphatic rings. The van der Waals surface area contributed by atoms with Gasteiger partial charge >= 0.3 is 11.9 Å². The predicted molar refractivity (Wildman–Crippen MR) is 136 cm³/mol. The summed E-state index contributed by atoms with van der Waals surface area (Å²) in [6, 6.07) is 13.7. The van der Waals surface area contributed by atoms with Crippen molar-refractivity contribution in [3.05, 3.63) is 102 Å². The third-order valence-corrected chi connectivity index (χ3v) is 6.77. The van der Waals surface area contributed by atoms with Crippen LogP contribution in [0.4, 0.5) is 0 Å². The Balaban J connectivity index is 1.87. The third-order valence-electron chi connectivity index (χ3n) is 5.78. The highest BCUT2D eigenvalue weighted by molar-refractivity contribution is 7.07. The van der Waals surface area contributed by atoms with Gasteiger partial charge in [0.2, 0.25) is 0 Å². The zero-order valence-corrected chi connectivity index (χ0v) is 21.3. The van der Waals surface area contributed by atoms with E-state index in [4.69, 9.17) is 14.2 Å². The number of methoxy groups -OCH3 is 2. The van der Waals surface area contributed by atoms with Crippen LogP contribution in [-0.2, 0) is 19.0 Å². The molecule has 0 saturated carbocycles. The van der Waals surface area contributed by atoms with Gasteiger partial charge in [-0.05, 0) is 43.2 Å². The van der Waals surface area contributed by atoms with Crippen molar-refractivity contribution in [1.29, 1.82) is 0 Å². The van der Waals surface area contributed by atoms with E-state index in [1.54, 1.807) is 31.2 Å². The number of allylic oxidation sites excluding steroid dienone is 1. The minimum atomic E-state index is -0.775. The summed E-state index contributed by atoms with van der Waals surface area (Å²) in [7, 11) is 2.83. The van der Waals surface area contributed by atoms with Crippen molar-refractivity contribution in [3.8, 4) is 0 Å². The lowest BCUT2D eigenvalue weighted by Gasteiger charge is -2.25. The molecule has 36 heavy (non-hydrogen) atoms. The number of hydrogen-bond acceptors (Lipinski definition) is 8. The number of nitrogens with zero attached hydrogens (tertiary/aromatic N) is 2. The van der Waals surface area contributed by atoms with E-state index in [9.17, 15) is 14.4 Å². The number of benzene rings is 2. The molecule has 0 bridgehead atoms. The van der Waals surface area contributed by atoms with Crippen molar-refractivity contribution in [2.75, 3.05) is 27.4 Å². The van der Waals surface area contributed by atoms with Crippen molar-refractivity contribution >= 4 is 29.4 Å². The van der Waals surface area contributed by atoms with E-state index in [-0.39, 0.29) is 24.3 Å². The SMILES string of the molecule is COCCOC(=O)C1=C(C)N=c2sc(=Cc3ccc(C)cc3)c(=O)n2C1c1ccc(C(=O)OC)cc1. The number of aryl methyl sites for hydroxylation is 1. The fraction of sp³-hybridized carbons (Fsp3) is 0.259. The molecule has 0 saturated heterocycles. The highest BCUT2D eigenvalue weighted by atomic mass is 32.1. The van der Waals surface area contributed by atoms with Crippen LogP contribution in [0.25, 0.3) is 6.08 Å². The Bertz CT molecular complexity index is 1500. The maximum Gasteiger partial charge on any atom is 0.338 e. The van der Waals surface area contributed by atoms with Crippen molar-refractivity contribution < 1.29 is 23.8 Å². The van der Waals surface area contributed by atoms with Crippen molar-refractivity contribution in [2.45, 2.75) is 19.9 Å². The lowest BCUT2D eigenvalue weighted by Crippen LogP contribution is -2.40. The van der Waals surface area contributed by atoms with Crippen LogP contribution in [0.2, 0.25) is 0 Å². The van der Waals surface area contributed by atoms with Crippen LogP contribution in [0.15, 0.2) is 69.6 Å². The average Bonchev–Trinajstić information content (AvgIpc) is 3.18. The molecule has 186 valence electrons. The summed E-state index contributed by atoms with van der Waals surface area (Å²) in [6.07, 6.45) is 1.82.